The maximum absolute atomic E-state index is 12.6. The zero-order valence-electron chi connectivity index (χ0n) is 16.0. The van der Waals surface area contributed by atoms with Crippen molar-refractivity contribution in [2.75, 3.05) is 0 Å². The van der Waals surface area contributed by atoms with Gasteiger partial charge in [0.1, 0.15) is 23.7 Å². The summed E-state index contributed by atoms with van der Waals surface area (Å²) >= 11 is 3.25. The van der Waals surface area contributed by atoms with E-state index in [1.807, 2.05) is 30.3 Å². The van der Waals surface area contributed by atoms with Crippen LogP contribution in [0.15, 0.2) is 48.5 Å². The van der Waals surface area contributed by atoms with E-state index in [0.717, 1.165) is 5.56 Å². The number of carbonyl (C=O) groups excluding carboxylic acids is 2. The Kier molecular flexibility index (Phi) is 5.93. The largest absolute Gasteiger partial charge is 0.488 e. The Morgan fingerprint density at radius 3 is 2.57 bits per heavy atom. The number of hydrogen-bond donors (Lipinski definition) is 0. The topological polar surface area (TPSA) is 65.1 Å². The minimum Gasteiger partial charge on any atom is -0.488 e. The van der Waals surface area contributed by atoms with Gasteiger partial charge < -0.3 is 14.2 Å². The van der Waals surface area contributed by atoms with Crippen LogP contribution in [0.5, 0.6) is 11.5 Å². The molecule has 0 aromatic heterocycles. The van der Waals surface area contributed by atoms with Gasteiger partial charge >= 0.3 is 12.1 Å². The lowest BCUT2D eigenvalue weighted by Crippen LogP contribution is -2.43. The number of alkyl halides is 1. The van der Waals surface area contributed by atoms with Crippen molar-refractivity contribution in [3.63, 3.8) is 0 Å². The van der Waals surface area contributed by atoms with Crippen LogP contribution in [0.3, 0.4) is 0 Å². The van der Waals surface area contributed by atoms with Crippen molar-refractivity contribution in [3.8, 4) is 11.5 Å². The lowest BCUT2D eigenvalue weighted by atomic mass is 10.1. The van der Waals surface area contributed by atoms with Gasteiger partial charge in [-0.15, -0.1) is 0 Å². The molecule has 0 aliphatic carbocycles. The second kappa shape index (κ2) is 8.22. The Bertz CT molecular complexity index is 863. The van der Waals surface area contributed by atoms with Gasteiger partial charge in [0.2, 0.25) is 0 Å². The zero-order chi connectivity index (χ0) is 20.3. The number of esters is 1. The van der Waals surface area contributed by atoms with Crippen LogP contribution >= 0.6 is 15.9 Å². The van der Waals surface area contributed by atoms with Crippen molar-refractivity contribution in [3.05, 3.63) is 59.7 Å². The van der Waals surface area contributed by atoms with Crippen LogP contribution in [0.4, 0.5) is 4.79 Å². The third kappa shape index (κ3) is 4.84. The van der Waals surface area contributed by atoms with Crippen molar-refractivity contribution in [1.29, 1.82) is 0 Å². The first-order valence-corrected chi connectivity index (χ1v) is 9.80. The van der Waals surface area contributed by atoms with E-state index in [4.69, 9.17) is 14.2 Å². The van der Waals surface area contributed by atoms with Crippen LogP contribution in [0.1, 0.15) is 31.9 Å². The molecule has 1 unspecified atom stereocenters. The van der Waals surface area contributed by atoms with E-state index in [1.165, 1.54) is 4.90 Å². The summed E-state index contributed by atoms with van der Waals surface area (Å²) in [5, 5.41) is 0. The molecule has 1 aliphatic rings. The molecule has 0 bridgehead atoms. The first-order chi connectivity index (χ1) is 13.2. The summed E-state index contributed by atoms with van der Waals surface area (Å²) in [5.74, 6) is 0.320. The first-order valence-electron chi connectivity index (χ1n) is 8.88. The summed E-state index contributed by atoms with van der Waals surface area (Å²) in [5.41, 5.74) is 0.930. The third-order valence-electron chi connectivity index (χ3n) is 3.96. The number of amides is 1. The van der Waals surface area contributed by atoms with E-state index < -0.39 is 22.6 Å². The van der Waals surface area contributed by atoms with E-state index in [9.17, 15) is 9.59 Å². The number of benzene rings is 2. The SMILES string of the molecule is CC(C)(C)OC(=O)N1Cc2c(OCc3ccccc3)cccc2OC(=O)C1Br. The molecule has 6 nitrogen and oxygen atoms in total. The molecule has 7 heteroatoms. The molecule has 2 aromatic carbocycles. The predicted octanol–water partition coefficient (Wildman–Crippen LogP) is 4.64. The second-order valence-electron chi connectivity index (χ2n) is 7.37. The highest BCUT2D eigenvalue weighted by Crippen LogP contribution is 2.35. The fourth-order valence-corrected chi connectivity index (χ4v) is 3.09. The Balaban J connectivity index is 1.88. The van der Waals surface area contributed by atoms with Gasteiger partial charge in [-0.3, -0.25) is 4.90 Å². The van der Waals surface area contributed by atoms with Crippen molar-refractivity contribution in [2.24, 2.45) is 0 Å². The van der Waals surface area contributed by atoms with Crippen LogP contribution in [0.25, 0.3) is 0 Å². The Labute approximate surface area is 172 Å². The molecule has 0 spiro atoms. The maximum atomic E-state index is 12.6. The lowest BCUT2D eigenvalue weighted by molar-refractivity contribution is -0.136. The summed E-state index contributed by atoms with van der Waals surface area (Å²) in [4.78, 5) is 25.4. The predicted molar refractivity (Wildman–Crippen MR) is 107 cm³/mol. The maximum Gasteiger partial charge on any atom is 0.412 e. The molecule has 28 heavy (non-hydrogen) atoms. The van der Waals surface area contributed by atoms with Crippen LogP contribution in [-0.4, -0.2) is 27.5 Å². The van der Waals surface area contributed by atoms with Gasteiger partial charge in [0, 0.05) is 0 Å². The smallest absolute Gasteiger partial charge is 0.412 e. The molecule has 0 radical (unpaired) electrons. The first kappa shape index (κ1) is 20.2. The van der Waals surface area contributed by atoms with Gasteiger partial charge in [-0.2, -0.15) is 0 Å². The third-order valence-corrected chi connectivity index (χ3v) is 4.83. The van der Waals surface area contributed by atoms with Crippen LogP contribution < -0.4 is 9.47 Å². The van der Waals surface area contributed by atoms with E-state index in [2.05, 4.69) is 15.9 Å². The van der Waals surface area contributed by atoms with Crippen molar-refractivity contribution in [1.82, 2.24) is 4.90 Å². The lowest BCUT2D eigenvalue weighted by Gasteiger charge is -2.28. The number of rotatable bonds is 3. The molecular formula is C21H22BrNO5. The van der Waals surface area contributed by atoms with Gasteiger partial charge in [-0.1, -0.05) is 52.3 Å². The molecule has 2 aromatic rings. The molecule has 1 atom stereocenters. The van der Waals surface area contributed by atoms with Crippen molar-refractivity contribution < 1.29 is 23.8 Å². The second-order valence-corrected chi connectivity index (χ2v) is 8.24. The molecular weight excluding hydrogens is 426 g/mol. The summed E-state index contributed by atoms with van der Waals surface area (Å²) < 4.78 is 16.9. The Morgan fingerprint density at radius 2 is 1.89 bits per heavy atom. The monoisotopic (exact) mass is 447 g/mol. The number of ether oxygens (including phenoxy) is 3. The van der Waals surface area contributed by atoms with Crippen LogP contribution in [-0.2, 0) is 22.7 Å². The van der Waals surface area contributed by atoms with E-state index in [-0.39, 0.29) is 6.54 Å². The summed E-state index contributed by atoms with van der Waals surface area (Å²) in [7, 11) is 0. The van der Waals surface area contributed by atoms with Crippen LogP contribution in [0, 0.1) is 0 Å². The van der Waals surface area contributed by atoms with Gasteiger partial charge in [0.25, 0.3) is 0 Å². The van der Waals surface area contributed by atoms with E-state index >= 15 is 0 Å². The van der Waals surface area contributed by atoms with Gasteiger partial charge in [0.05, 0.1) is 12.1 Å². The number of nitrogens with zero attached hydrogens (tertiary/aromatic N) is 1. The molecule has 3 rings (SSSR count). The molecule has 1 heterocycles. The highest BCUT2D eigenvalue weighted by Gasteiger charge is 2.37. The van der Waals surface area contributed by atoms with E-state index in [0.29, 0.717) is 23.7 Å². The Hall–Kier alpha value is -2.54. The molecule has 0 saturated carbocycles. The van der Waals surface area contributed by atoms with Gasteiger partial charge in [-0.05, 0) is 38.5 Å². The number of halogens is 1. The standard InChI is InChI=1S/C21H22BrNO5/c1-21(2,3)28-20(25)23-12-15-16(26-13-14-8-5-4-6-9-14)10-7-11-17(15)27-19(24)18(23)22/h4-11,18H,12-13H2,1-3H3. The average Bonchev–Trinajstić information content (AvgIpc) is 2.76. The summed E-state index contributed by atoms with van der Waals surface area (Å²) in [6.45, 7) is 5.78. The number of carbonyl (C=O) groups is 2. The average molecular weight is 448 g/mol. The van der Waals surface area contributed by atoms with E-state index in [1.54, 1.807) is 39.0 Å². The molecule has 148 valence electrons. The molecule has 1 amide bonds. The number of hydrogen-bond acceptors (Lipinski definition) is 5. The van der Waals surface area contributed by atoms with Crippen molar-refractivity contribution in [2.45, 2.75) is 44.5 Å². The fraction of sp³-hybridized carbons (Fsp3) is 0.333. The molecule has 0 fully saturated rings. The normalized spacial score (nSPS) is 16.6. The molecule has 0 N–H and O–H groups in total. The minimum absolute atomic E-state index is 0.108. The highest BCUT2D eigenvalue weighted by atomic mass is 79.9. The minimum atomic E-state index is -0.961. The van der Waals surface area contributed by atoms with Gasteiger partial charge in [0.15, 0.2) is 4.95 Å². The molecule has 1 aliphatic heterocycles. The quantitative estimate of drug-likeness (QED) is 0.296. The number of fused-ring (bicyclic) bond motifs is 1. The van der Waals surface area contributed by atoms with Crippen LogP contribution in [0.2, 0.25) is 0 Å². The van der Waals surface area contributed by atoms with Gasteiger partial charge in [-0.25, -0.2) is 9.59 Å². The fourth-order valence-electron chi connectivity index (χ4n) is 2.68. The highest BCUT2D eigenvalue weighted by molar-refractivity contribution is 9.09. The Morgan fingerprint density at radius 1 is 1.18 bits per heavy atom. The van der Waals surface area contributed by atoms with Crippen molar-refractivity contribution >= 4 is 28.0 Å². The zero-order valence-corrected chi connectivity index (χ0v) is 17.6. The summed E-state index contributed by atoms with van der Waals surface area (Å²) in [6, 6.07) is 15.0. The molecule has 0 saturated heterocycles. The summed E-state index contributed by atoms with van der Waals surface area (Å²) in [6.07, 6.45) is -0.614.